The van der Waals surface area contributed by atoms with Gasteiger partial charge in [-0.15, -0.1) is 0 Å². The number of halogens is 1. The lowest BCUT2D eigenvalue weighted by atomic mass is 10.0. The Balaban J connectivity index is 3.18. The molecule has 0 aliphatic rings. The number of rotatable bonds is 6. The monoisotopic (exact) mass is 288 g/mol. The van der Waals surface area contributed by atoms with Gasteiger partial charge in [-0.05, 0) is 24.7 Å². The number of phenols is 1. The van der Waals surface area contributed by atoms with Crippen LogP contribution in [0.15, 0.2) is 18.2 Å². The topological polar surface area (TPSA) is 69.7 Å². The van der Waals surface area contributed by atoms with Crippen molar-refractivity contribution >= 4 is 28.8 Å². The molecule has 4 nitrogen and oxygen atoms in total. The van der Waals surface area contributed by atoms with E-state index in [0.29, 0.717) is 23.7 Å². The van der Waals surface area contributed by atoms with Gasteiger partial charge in [0.15, 0.2) is 0 Å². The molecule has 0 aliphatic carbocycles. The molecule has 0 aliphatic heterocycles. The van der Waals surface area contributed by atoms with Crippen molar-refractivity contribution in [1.29, 1.82) is 0 Å². The molecule has 1 rings (SSSR count). The Morgan fingerprint density at radius 2 is 2.22 bits per heavy atom. The van der Waals surface area contributed by atoms with Crippen molar-refractivity contribution in [3.05, 3.63) is 28.8 Å². The van der Waals surface area contributed by atoms with Gasteiger partial charge < -0.3 is 15.9 Å². The molecule has 0 radical (unpaired) electrons. The van der Waals surface area contributed by atoms with E-state index in [2.05, 4.69) is 0 Å². The highest BCUT2D eigenvalue weighted by Gasteiger charge is 2.24. The first-order valence-electron chi connectivity index (χ1n) is 5.63. The lowest BCUT2D eigenvalue weighted by Gasteiger charge is -2.30. The second-order valence-electron chi connectivity index (χ2n) is 3.86. The van der Waals surface area contributed by atoms with Crippen molar-refractivity contribution in [2.45, 2.75) is 13.0 Å². The van der Waals surface area contributed by atoms with Crippen LogP contribution >= 0.6 is 23.8 Å². The predicted molar refractivity (Wildman–Crippen MR) is 77.0 cm³/mol. The van der Waals surface area contributed by atoms with Crippen LogP contribution in [0.5, 0.6) is 5.75 Å². The highest BCUT2D eigenvalue weighted by Crippen LogP contribution is 2.31. The fraction of sp³-hybridized carbons (Fsp3) is 0.417. The summed E-state index contributed by atoms with van der Waals surface area (Å²) in [6.07, 6.45) is 0. The van der Waals surface area contributed by atoms with Crippen molar-refractivity contribution in [3.63, 3.8) is 0 Å². The van der Waals surface area contributed by atoms with E-state index < -0.39 is 6.04 Å². The Kier molecular flexibility index (Phi) is 5.81. The van der Waals surface area contributed by atoms with Gasteiger partial charge in [0.25, 0.3) is 0 Å². The van der Waals surface area contributed by atoms with E-state index in [1.165, 1.54) is 6.07 Å². The maximum Gasteiger partial charge on any atom is 0.120 e. The minimum atomic E-state index is -0.434. The van der Waals surface area contributed by atoms with E-state index >= 15 is 0 Å². The molecule has 0 saturated heterocycles. The quantitative estimate of drug-likeness (QED) is 0.695. The van der Waals surface area contributed by atoms with Gasteiger partial charge in [0.1, 0.15) is 5.75 Å². The molecule has 1 atom stereocenters. The molecule has 0 fully saturated rings. The number of thiocarbonyl (C=S) groups is 1. The smallest absolute Gasteiger partial charge is 0.120 e. The Labute approximate surface area is 117 Å². The molecular formula is C12H17ClN2O2S. The Morgan fingerprint density at radius 3 is 2.72 bits per heavy atom. The van der Waals surface area contributed by atoms with Crippen molar-refractivity contribution < 1.29 is 10.2 Å². The van der Waals surface area contributed by atoms with Crippen LogP contribution in [0, 0.1) is 0 Å². The van der Waals surface area contributed by atoms with Gasteiger partial charge in [0.05, 0.1) is 17.6 Å². The molecule has 0 bridgehead atoms. The summed E-state index contributed by atoms with van der Waals surface area (Å²) in [7, 11) is 0. The zero-order valence-electron chi connectivity index (χ0n) is 10.1. The van der Waals surface area contributed by atoms with E-state index in [4.69, 9.17) is 34.7 Å². The predicted octanol–water partition coefficient (Wildman–Crippen LogP) is 1.69. The number of hydrogen-bond donors (Lipinski definition) is 3. The fourth-order valence-corrected chi connectivity index (χ4v) is 2.33. The number of nitrogens with two attached hydrogens (primary N) is 1. The average Bonchev–Trinajstić information content (AvgIpc) is 2.32. The summed E-state index contributed by atoms with van der Waals surface area (Å²) >= 11 is 11.0. The third-order valence-electron chi connectivity index (χ3n) is 2.71. The molecule has 0 heterocycles. The standard InChI is InChI=1S/C12H17ClN2O2S/c1-2-15(5-6-16)11(12(14)18)9-7-8(13)3-4-10(9)17/h3-4,7,11,16-17H,2,5-6H2,1H3,(H2,14,18). The van der Waals surface area contributed by atoms with Crippen LogP contribution in [0.25, 0.3) is 0 Å². The minimum absolute atomic E-state index is 0.00567. The molecule has 0 aromatic heterocycles. The van der Waals surface area contributed by atoms with Crippen LogP contribution in [0.1, 0.15) is 18.5 Å². The van der Waals surface area contributed by atoms with Gasteiger partial charge in [0.2, 0.25) is 0 Å². The number of likely N-dealkylation sites (N-methyl/N-ethyl adjacent to an activating group) is 1. The summed E-state index contributed by atoms with van der Waals surface area (Å²) < 4.78 is 0. The minimum Gasteiger partial charge on any atom is -0.508 e. The maximum absolute atomic E-state index is 9.90. The van der Waals surface area contributed by atoms with Gasteiger partial charge in [-0.1, -0.05) is 30.7 Å². The molecule has 18 heavy (non-hydrogen) atoms. The average molecular weight is 289 g/mol. The van der Waals surface area contributed by atoms with Crippen molar-refractivity contribution in [2.24, 2.45) is 5.73 Å². The molecule has 0 spiro atoms. The van der Waals surface area contributed by atoms with E-state index in [9.17, 15) is 5.11 Å². The number of aliphatic hydroxyl groups excluding tert-OH is 1. The van der Waals surface area contributed by atoms with Gasteiger partial charge in [-0.3, -0.25) is 4.90 Å². The summed E-state index contributed by atoms with van der Waals surface area (Å²) in [5.74, 6) is 0.0913. The van der Waals surface area contributed by atoms with Gasteiger partial charge >= 0.3 is 0 Å². The second-order valence-corrected chi connectivity index (χ2v) is 4.77. The van der Waals surface area contributed by atoms with Crippen molar-refractivity contribution in [2.75, 3.05) is 19.7 Å². The maximum atomic E-state index is 9.90. The van der Waals surface area contributed by atoms with Gasteiger partial charge in [0, 0.05) is 17.1 Å². The van der Waals surface area contributed by atoms with Gasteiger partial charge in [-0.2, -0.15) is 0 Å². The summed E-state index contributed by atoms with van der Waals surface area (Å²) in [5, 5.41) is 19.5. The van der Waals surface area contributed by atoms with Crippen LogP contribution in [-0.2, 0) is 0 Å². The lowest BCUT2D eigenvalue weighted by molar-refractivity contribution is 0.184. The van der Waals surface area contributed by atoms with Crippen LogP contribution in [0.2, 0.25) is 5.02 Å². The molecule has 0 amide bonds. The SMILES string of the molecule is CCN(CCO)C(C(N)=S)c1cc(Cl)ccc1O. The zero-order valence-corrected chi connectivity index (χ0v) is 11.7. The first-order valence-corrected chi connectivity index (χ1v) is 6.42. The number of benzene rings is 1. The van der Waals surface area contributed by atoms with E-state index in [0.717, 1.165) is 0 Å². The molecule has 6 heteroatoms. The van der Waals surface area contributed by atoms with Gasteiger partial charge in [-0.25, -0.2) is 0 Å². The Bertz CT molecular complexity index is 429. The summed E-state index contributed by atoms with van der Waals surface area (Å²) in [5.41, 5.74) is 6.31. The highest BCUT2D eigenvalue weighted by molar-refractivity contribution is 7.80. The van der Waals surface area contributed by atoms with E-state index in [-0.39, 0.29) is 17.3 Å². The Hall–Kier alpha value is -0.880. The summed E-state index contributed by atoms with van der Waals surface area (Å²) in [6, 6.07) is 4.31. The lowest BCUT2D eigenvalue weighted by Crippen LogP contribution is -2.38. The molecule has 1 unspecified atom stereocenters. The number of aliphatic hydroxyl groups is 1. The largest absolute Gasteiger partial charge is 0.508 e. The highest BCUT2D eigenvalue weighted by atomic mass is 35.5. The summed E-state index contributed by atoms with van der Waals surface area (Å²) in [6.45, 7) is 3.00. The van der Waals surface area contributed by atoms with Crippen LogP contribution in [0.4, 0.5) is 0 Å². The molecule has 1 aromatic carbocycles. The number of hydrogen-bond acceptors (Lipinski definition) is 4. The van der Waals surface area contributed by atoms with Crippen molar-refractivity contribution in [1.82, 2.24) is 4.90 Å². The Morgan fingerprint density at radius 1 is 1.56 bits per heavy atom. The first kappa shape index (κ1) is 15.2. The summed E-state index contributed by atoms with van der Waals surface area (Å²) in [4.78, 5) is 2.12. The second kappa shape index (κ2) is 6.89. The third kappa shape index (κ3) is 3.55. The molecular weight excluding hydrogens is 272 g/mol. The normalized spacial score (nSPS) is 12.7. The van der Waals surface area contributed by atoms with Crippen LogP contribution in [0.3, 0.4) is 0 Å². The third-order valence-corrected chi connectivity index (χ3v) is 3.17. The number of phenolic OH excluding ortho intramolecular Hbond substituents is 1. The molecule has 100 valence electrons. The zero-order chi connectivity index (χ0) is 13.7. The number of nitrogens with zero attached hydrogens (tertiary/aromatic N) is 1. The van der Waals surface area contributed by atoms with Crippen LogP contribution < -0.4 is 5.73 Å². The van der Waals surface area contributed by atoms with Crippen LogP contribution in [-0.4, -0.2) is 39.8 Å². The van der Waals surface area contributed by atoms with E-state index in [1.54, 1.807) is 12.1 Å². The fourth-order valence-electron chi connectivity index (χ4n) is 1.87. The van der Waals surface area contributed by atoms with E-state index in [1.807, 2.05) is 11.8 Å². The first-order chi connectivity index (χ1) is 8.51. The number of aromatic hydroxyl groups is 1. The molecule has 1 aromatic rings. The molecule has 4 N–H and O–H groups in total. The molecule has 0 saturated carbocycles. The van der Waals surface area contributed by atoms with Crippen molar-refractivity contribution in [3.8, 4) is 5.75 Å².